The Kier molecular flexibility index (Phi) is 7.06. The molecule has 1 fully saturated rings. The number of nitrogens with two attached hydrogens (primary N) is 1. The van der Waals surface area contributed by atoms with Crippen LogP contribution in [0.4, 0.5) is 0 Å². The van der Waals surface area contributed by atoms with Crippen molar-refractivity contribution in [1.82, 2.24) is 0 Å². The Bertz CT molecular complexity index is 261. The molecule has 1 rings (SSSR count). The van der Waals surface area contributed by atoms with Crippen LogP contribution >= 0.6 is 0 Å². The van der Waals surface area contributed by atoms with Crippen molar-refractivity contribution in [1.29, 1.82) is 0 Å². The molecule has 1 unspecified atom stereocenters. The number of rotatable bonds is 7. The lowest BCUT2D eigenvalue weighted by Gasteiger charge is -2.30. The molecule has 0 bridgehead atoms. The molecule has 0 aromatic heterocycles. The second kappa shape index (κ2) is 8.04. The fourth-order valence-electron chi connectivity index (χ4n) is 3.36. The molecule has 0 aliphatic heterocycles. The van der Waals surface area contributed by atoms with Crippen LogP contribution in [0.1, 0.15) is 78.6 Å². The summed E-state index contributed by atoms with van der Waals surface area (Å²) in [7, 11) is 0. The van der Waals surface area contributed by atoms with Gasteiger partial charge in [-0.25, -0.2) is 0 Å². The molecule has 2 nitrogen and oxygen atoms in total. The van der Waals surface area contributed by atoms with Gasteiger partial charge in [0.2, 0.25) is 0 Å². The first-order valence-corrected chi connectivity index (χ1v) is 8.15. The van der Waals surface area contributed by atoms with Crippen LogP contribution in [-0.4, -0.2) is 12.3 Å². The van der Waals surface area contributed by atoms with Crippen LogP contribution in [0.5, 0.6) is 0 Å². The predicted molar refractivity (Wildman–Crippen MR) is 82.0 cm³/mol. The lowest BCUT2D eigenvalue weighted by atomic mass is 9.75. The first-order chi connectivity index (χ1) is 8.93. The van der Waals surface area contributed by atoms with Crippen molar-refractivity contribution in [3.05, 3.63) is 0 Å². The second-order valence-electron chi connectivity index (χ2n) is 7.43. The molecule has 0 aromatic carbocycles. The number of ketones is 1. The molecule has 2 N–H and O–H groups in total. The van der Waals surface area contributed by atoms with Crippen molar-refractivity contribution in [2.45, 2.75) is 78.6 Å². The molecule has 0 heterocycles. The normalized spacial score (nSPS) is 19.4. The number of Topliss-reactive ketones (excluding diaryl/α,β-unsaturated/α-hetero) is 1. The van der Waals surface area contributed by atoms with Gasteiger partial charge >= 0.3 is 0 Å². The highest BCUT2D eigenvalue weighted by molar-refractivity contribution is 5.78. The molecule has 1 aliphatic carbocycles. The average molecular weight is 267 g/mol. The van der Waals surface area contributed by atoms with Crippen LogP contribution in [0.15, 0.2) is 0 Å². The summed E-state index contributed by atoms with van der Waals surface area (Å²) in [5, 5.41) is 0. The fourth-order valence-corrected chi connectivity index (χ4v) is 3.36. The van der Waals surface area contributed by atoms with Crippen LogP contribution in [0, 0.1) is 17.3 Å². The number of hydrogen-bond acceptors (Lipinski definition) is 2. The van der Waals surface area contributed by atoms with E-state index >= 15 is 0 Å². The van der Waals surface area contributed by atoms with Crippen LogP contribution in [-0.2, 0) is 4.79 Å². The Morgan fingerprint density at radius 3 is 2.32 bits per heavy atom. The maximum Gasteiger partial charge on any atom is 0.133 e. The zero-order valence-corrected chi connectivity index (χ0v) is 13.2. The van der Waals surface area contributed by atoms with E-state index in [1.54, 1.807) is 0 Å². The number of carbonyl (C=O) groups excluding carboxylic acids is 1. The molecular formula is C17H33NO. The van der Waals surface area contributed by atoms with Gasteiger partial charge < -0.3 is 5.73 Å². The number of carbonyl (C=O) groups is 1. The van der Waals surface area contributed by atoms with Crippen molar-refractivity contribution >= 4 is 5.78 Å². The van der Waals surface area contributed by atoms with Gasteiger partial charge in [0.1, 0.15) is 5.78 Å². The highest BCUT2D eigenvalue weighted by atomic mass is 16.1. The lowest BCUT2D eigenvalue weighted by molar-refractivity contribution is -0.120. The second-order valence-corrected chi connectivity index (χ2v) is 7.43. The molecule has 1 saturated carbocycles. The quantitative estimate of drug-likeness (QED) is 0.746. The Hall–Kier alpha value is -0.370. The van der Waals surface area contributed by atoms with Gasteiger partial charge in [-0.05, 0) is 36.6 Å². The summed E-state index contributed by atoms with van der Waals surface area (Å²) >= 11 is 0. The van der Waals surface area contributed by atoms with E-state index in [-0.39, 0.29) is 5.41 Å². The van der Waals surface area contributed by atoms with Gasteiger partial charge in [0.15, 0.2) is 0 Å². The van der Waals surface area contributed by atoms with E-state index in [1.807, 2.05) is 0 Å². The number of hydrogen-bond donors (Lipinski definition) is 1. The Morgan fingerprint density at radius 1 is 1.16 bits per heavy atom. The Morgan fingerprint density at radius 2 is 1.79 bits per heavy atom. The molecule has 0 spiro atoms. The minimum Gasteiger partial charge on any atom is -0.330 e. The van der Waals surface area contributed by atoms with Gasteiger partial charge in [0.05, 0.1) is 0 Å². The summed E-state index contributed by atoms with van der Waals surface area (Å²) in [4.78, 5) is 12.1. The minimum absolute atomic E-state index is 0.268. The Labute approximate surface area is 119 Å². The van der Waals surface area contributed by atoms with E-state index in [2.05, 4.69) is 20.8 Å². The van der Waals surface area contributed by atoms with Gasteiger partial charge in [-0.3, -0.25) is 4.79 Å². The first kappa shape index (κ1) is 16.7. The molecule has 2 heteroatoms. The van der Waals surface area contributed by atoms with Crippen LogP contribution in [0.3, 0.4) is 0 Å². The van der Waals surface area contributed by atoms with E-state index in [4.69, 9.17) is 5.73 Å². The summed E-state index contributed by atoms with van der Waals surface area (Å²) < 4.78 is 0. The third-order valence-electron chi connectivity index (χ3n) is 4.75. The molecule has 0 amide bonds. The lowest BCUT2D eigenvalue weighted by Crippen LogP contribution is -2.24. The largest absolute Gasteiger partial charge is 0.330 e. The van der Waals surface area contributed by atoms with Gasteiger partial charge in [-0.15, -0.1) is 0 Å². The summed E-state index contributed by atoms with van der Waals surface area (Å²) in [6.45, 7) is 7.52. The van der Waals surface area contributed by atoms with E-state index in [9.17, 15) is 4.79 Å². The predicted octanol–water partition coefficient (Wildman–Crippen LogP) is 4.32. The molecule has 1 atom stereocenters. The van der Waals surface area contributed by atoms with Crippen molar-refractivity contribution in [2.24, 2.45) is 23.0 Å². The monoisotopic (exact) mass is 267 g/mol. The zero-order valence-electron chi connectivity index (χ0n) is 13.2. The third kappa shape index (κ3) is 6.56. The highest BCUT2D eigenvalue weighted by Gasteiger charge is 2.25. The third-order valence-corrected chi connectivity index (χ3v) is 4.75. The van der Waals surface area contributed by atoms with Crippen LogP contribution in [0.2, 0.25) is 0 Å². The van der Waals surface area contributed by atoms with Gasteiger partial charge in [0, 0.05) is 12.8 Å². The maximum absolute atomic E-state index is 12.1. The average Bonchev–Trinajstić information content (AvgIpc) is 2.34. The van der Waals surface area contributed by atoms with Crippen LogP contribution in [0.25, 0.3) is 0 Å². The molecule has 0 radical (unpaired) electrons. The molecule has 112 valence electrons. The van der Waals surface area contributed by atoms with E-state index in [1.165, 1.54) is 32.1 Å². The van der Waals surface area contributed by atoms with Gasteiger partial charge in [-0.2, -0.15) is 0 Å². The smallest absolute Gasteiger partial charge is 0.133 e. The van der Waals surface area contributed by atoms with E-state index in [0.29, 0.717) is 17.6 Å². The Balaban J connectivity index is 2.30. The van der Waals surface area contributed by atoms with Crippen molar-refractivity contribution < 1.29 is 4.79 Å². The van der Waals surface area contributed by atoms with Crippen molar-refractivity contribution in [2.75, 3.05) is 6.54 Å². The van der Waals surface area contributed by atoms with Crippen LogP contribution < -0.4 is 5.73 Å². The molecule has 19 heavy (non-hydrogen) atoms. The summed E-state index contributed by atoms with van der Waals surface area (Å²) in [6.07, 6.45) is 10.2. The van der Waals surface area contributed by atoms with E-state index in [0.717, 1.165) is 32.2 Å². The molecule has 0 saturated heterocycles. The van der Waals surface area contributed by atoms with Crippen molar-refractivity contribution in [3.8, 4) is 0 Å². The molecular weight excluding hydrogens is 234 g/mol. The van der Waals surface area contributed by atoms with Gasteiger partial charge in [0.25, 0.3) is 0 Å². The zero-order chi connectivity index (χ0) is 14.3. The van der Waals surface area contributed by atoms with Crippen molar-refractivity contribution in [3.63, 3.8) is 0 Å². The standard InChI is InChI=1S/C17H33NO/c1-17(2,3)15(11-12-18)9-10-16(19)13-14-7-5-4-6-8-14/h14-15H,4-13,18H2,1-3H3. The maximum atomic E-state index is 12.1. The molecule has 1 aliphatic rings. The van der Waals surface area contributed by atoms with E-state index < -0.39 is 0 Å². The molecule has 0 aromatic rings. The fraction of sp³-hybridized carbons (Fsp3) is 0.941. The SMILES string of the molecule is CC(C)(C)C(CCN)CCC(=O)CC1CCCCC1. The topological polar surface area (TPSA) is 43.1 Å². The summed E-state index contributed by atoms with van der Waals surface area (Å²) in [5.74, 6) is 1.75. The summed E-state index contributed by atoms with van der Waals surface area (Å²) in [6, 6.07) is 0. The minimum atomic E-state index is 0.268. The van der Waals surface area contributed by atoms with Gasteiger partial charge in [-0.1, -0.05) is 52.9 Å². The first-order valence-electron chi connectivity index (χ1n) is 8.15. The summed E-state index contributed by atoms with van der Waals surface area (Å²) in [5.41, 5.74) is 5.97. The highest BCUT2D eigenvalue weighted by Crippen LogP contribution is 2.33.